The van der Waals surface area contributed by atoms with E-state index in [4.69, 9.17) is 16.3 Å². The second kappa shape index (κ2) is 8.05. The normalized spacial score (nSPS) is 9.83. The highest BCUT2D eigenvalue weighted by atomic mass is 35.5. The van der Waals surface area contributed by atoms with Gasteiger partial charge >= 0.3 is 6.03 Å². The van der Waals surface area contributed by atoms with Crippen molar-refractivity contribution in [2.45, 2.75) is 0 Å². The molecule has 0 atom stereocenters. The van der Waals surface area contributed by atoms with E-state index in [9.17, 15) is 9.59 Å². The van der Waals surface area contributed by atoms with Gasteiger partial charge in [0.15, 0.2) is 0 Å². The van der Waals surface area contributed by atoms with Crippen LogP contribution in [0, 0.1) is 0 Å². The number of hydrogen-bond donors (Lipinski definition) is 3. The second-order valence-electron chi connectivity index (χ2n) is 4.57. The highest BCUT2D eigenvalue weighted by molar-refractivity contribution is 6.31. The molecule has 0 saturated carbocycles. The van der Waals surface area contributed by atoms with Crippen LogP contribution in [0.25, 0.3) is 0 Å². The highest BCUT2D eigenvalue weighted by Gasteiger charge is 2.09. The molecule has 3 N–H and O–H groups in total. The van der Waals surface area contributed by atoms with Crippen LogP contribution in [0.1, 0.15) is 0 Å². The van der Waals surface area contributed by atoms with Gasteiger partial charge in [0.2, 0.25) is 5.91 Å². The van der Waals surface area contributed by atoms with E-state index < -0.39 is 11.9 Å². The molecule has 2 aromatic carbocycles. The molecule has 0 unspecified atom stereocenters. The van der Waals surface area contributed by atoms with Crippen LogP contribution in [-0.2, 0) is 4.79 Å². The standard InChI is InChI=1S/C16H16ClN3O3/c1-23-14-8-7-11(17)9-13(14)20-15(21)10-18-16(22)19-12-5-3-2-4-6-12/h2-9H,10H2,1H3,(H,20,21)(H2,18,19,22). The van der Waals surface area contributed by atoms with E-state index in [1.54, 1.807) is 42.5 Å². The van der Waals surface area contributed by atoms with Crippen LogP contribution in [0.15, 0.2) is 48.5 Å². The van der Waals surface area contributed by atoms with Crippen LogP contribution < -0.4 is 20.7 Å². The average Bonchev–Trinajstić information content (AvgIpc) is 2.54. The number of methoxy groups -OCH3 is 1. The topological polar surface area (TPSA) is 79.5 Å². The average molecular weight is 334 g/mol. The molecule has 0 aromatic heterocycles. The van der Waals surface area contributed by atoms with Crippen molar-refractivity contribution in [3.63, 3.8) is 0 Å². The van der Waals surface area contributed by atoms with E-state index in [2.05, 4.69) is 16.0 Å². The summed E-state index contributed by atoms with van der Waals surface area (Å²) < 4.78 is 5.13. The van der Waals surface area contributed by atoms with Crippen molar-refractivity contribution in [2.24, 2.45) is 0 Å². The maximum absolute atomic E-state index is 11.9. The third-order valence-electron chi connectivity index (χ3n) is 2.88. The Morgan fingerprint density at radius 1 is 1.09 bits per heavy atom. The zero-order valence-electron chi connectivity index (χ0n) is 12.4. The quantitative estimate of drug-likeness (QED) is 0.786. The summed E-state index contributed by atoms with van der Waals surface area (Å²) in [6, 6.07) is 13.3. The van der Waals surface area contributed by atoms with E-state index in [0.29, 0.717) is 22.1 Å². The molecule has 2 aromatic rings. The molecule has 0 aliphatic rings. The minimum Gasteiger partial charge on any atom is -0.495 e. The Bertz CT molecular complexity index is 692. The summed E-state index contributed by atoms with van der Waals surface area (Å²) in [5.74, 6) is 0.0882. The van der Waals surface area contributed by atoms with Crippen LogP contribution in [0.2, 0.25) is 5.02 Å². The van der Waals surface area contributed by atoms with Gasteiger partial charge in [0, 0.05) is 10.7 Å². The minimum atomic E-state index is -0.468. The number of para-hydroxylation sites is 1. The number of carbonyl (C=O) groups is 2. The van der Waals surface area contributed by atoms with Crippen LogP contribution in [0.3, 0.4) is 0 Å². The van der Waals surface area contributed by atoms with Crippen molar-refractivity contribution in [1.82, 2.24) is 5.32 Å². The molecule has 0 aliphatic carbocycles. The molecule has 0 fully saturated rings. The van der Waals surface area contributed by atoms with Crippen LogP contribution >= 0.6 is 11.6 Å². The summed E-state index contributed by atoms with van der Waals surface area (Å²) in [7, 11) is 1.49. The van der Waals surface area contributed by atoms with Gasteiger partial charge < -0.3 is 20.7 Å². The number of hydrogen-bond acceptors (Lipinski definition) is 3. The zero-order chi connectivity index (χ0) is 16.7. The van der Waals surface area contributed by atoms with E-state index in [1.807, 2.05) is 6.07 Å². The SMILES string of the molecule is COc1ccc(Cl)cc1NC(=O)CNC(=O)Nc1ccccc1. The first-order valence-corrected chi connectivity index (χ1v) is 7.19. The fraction of sp³-hybridized carbons (Fsp3) is 0.125. The summed E-state index contributed by atoms with van der Waals surface area (Å²) in [5, 5.41) is 8.18. The maximum Gasteiger partial charge on any atom is 0.319 e. The Morgan fingerprint density at radius 2 is 1.83 bits per heavy atom. The van der Waals surface area contributed by atoms with Crippen LogP contribution in [0.4, 0.5) is 16.2 Å². The van der Waals surface area contributed by atoms with Crippen molar-refractivity contribution in [1.29, 1.82) is 0 Å². The Kier molecular flexibility index (Phi) is 5.82. The van der Waals surface area contributed by atoms with E-state index in [1.165, 1.54) is 7.11 Å². The molecule has 23 heavy (non-hydrogen) atoms. The third-order valence-corrected chi connectivity index (χ3v) is 3.11. The summed E-state index contributed by atoms with van der Waals surface area (Å²) in [4.78, 5) is 23.6. The molecule has 2 rings (SSSR count). The maximum atomic E-state index is 11.9. The molecule has 3 amide bonds. The van der Waals surface area contributed by atoms with Gasteiger partial charge in [-0.3, -0.25) is 4.79 Å². The lowest BCUT2D eigenvalue weighted by atomic mass is 10.3. The largest absolute Gasteiger partial charge is 0.495 e. The summed E-state index contributed by atoms with van der Waals surface area (Å²) in [6.07, 6.45) is 0. The smallest absolute Gasteiger partial charge is 0.319 e. The monoisotopic (exact) mass is 333 g/mol. The van der Waals surface area contributed by atoms with E-state index >= 15 is 0 Å². The lowest BCUT2D eigenvalue weighted by Crippen LogP contribution is -2.35. The van der Waals surface area contributed by atoms with Crippen molar-refractivity contribution < 1.29 is 14.3 Å². The fourth-order valence-electron chi connectivity index (χ4n) is 1.83. The molecule has 0 bridgehead atoms. The molecule has 0 spiro atoms. The summed E-state index contributed by atoms with van der Waals surface area (Å²) >= 11 is 5.89. The van der Waals surface area contributed by atoms with Crippen molar-refractivity contribution in [2.75, 3.05) is 24.3 Å². The van der Waals surface area contributed by atoms with Crippen molar-refractivity contribution in [3.05, 3.63) is 53.6 Å². The number of anilines is 2. The predicted octanol–water partition coefficient (Wildman–Crippen LogP) is 3.11. The molecule has 7 heteroatoms. The Morgan fingerprint density at radius 3 is 2.52 bits per heavy atom. The van der Waals surface area contributed by atoms with Gasteiger partial charge in [0.05, 0.1) is 19.3 Å². The van der Waals surface area contributed by atoms with Gasteiger partial charge in [-0.05, 0) is 30.3 Å². The highest BCUT2D eigenvalue weighted by Crippen LogP contribution is 2.27. The number of amides is 3. The zero-order valence-corrected chi connectivity index (χ0v) is 13.2. The fourth-order valence-corrected chi connectivity index (χ4v) is 2.00. The van der Waals surface area contributed by atoms with Gasteiger partial charge in [-0.25, -0.2) is 4.79 Å². The molecule has 0 heterocycles. The van der Waals surface area contributed by atoms with Gasteiger partial charge in [-0.2, -0.15) is 0 Å². The minimum absolute atomic E-state index is 0.186. The second-order valence-corrected chi connectivity index (χ2v) is 5.00. The summed E-state index contributed by atoms with van der Waals surface area (Å²) in [5.41, 5.74) is 1.08. The number of nitrogens with one attached hydrogen (secondary N) is 3. The lowest BCUT2D eigenvalue weighted by molar-refractivity contribution is -0.115. The molecule has 0 radical (unpaired) electrons. The number of rotatable bonds is 5. The number of ether oxygens (including phenoxy) is 1. The number of carbonyl (C=O) groups excluding carboxylic acids is 2. The number of halogens is 1. The molecular weight excluding hydrogens is 318 g/mol. The van der Waals surface area contributed by atoms with Gasteiger partial charge in [0.25, 0.3) is 0 Å². The first-order chi connectivity index (χ1) is 11.1. The Labute approximate surface area is 138 Å². The predicted molar refractivity (Wildman–Crippen MR) is 90.1 cm³/mol. The molecule has 0 saturated heterocycles. The van der Waals surface area contributed by atoms with Crippen molar-refractivity contribution >= 4 is 34.9 Å². The van der Waals surface area contributed by atoms with Gasteiger partial charge in [-0.1, -0.05) is 29.8 Å². The van der Waals surface area contributed by atoms with Crippen LogP contribution in [-0.4, -0.2) is 25.6 Å². The molecule has 6 nitrogen and oxygen atoms in total. The number of urea groups is 1. The number of benzene rings is 2. The Balaban J connectivity index is 1.85. The first kappa shape index (κ1) is 16.6. The lowest BCUT2D eigenvalue weighted by Gasteiger charge is -2.11. The molecule has 0 aliphatic heterocycles. The van der Waals surface area contributed by atoms with E-state index in [0.717, 1.165) is 0 Å². The van der Waals surface area contributed by atoms with Crippen LogP contribution in [0.5, 0.6) is 5.75 Å². The third kappa shape index (κ3) is 5.19. The van der Waals surface area contributed by atoms with Gasteiger partial charge in [0.1, 0.15) is 5.75 Å². The Hall–Kier alpha value is -2.73. The van der Waals surface area contributed by atoms with Crippen molar-refractivity contribution in [3.8, 4) is 5.75 Å². The summed E-state index contributed by atoms with van der Waals surface area (Å²) in [6.45, 7) is -0.186. The molecular formula is C16H16ClN3O3. The molecule has 120 valence electrons. The first-order valence-electron chi connectivity index (χ1n) is 6.82. The van der Waals surface area contributed by atoms with Gasteiger partial charge in [-0.15, -0.1) is 0 Å². The van der Waals surface area contributed by atoms with E-state index in [-0.39, 0.29) is 6.54 Å².